The zero-order valence-corrected chi connectivity index (χ0v) is 16.4. The fraction of sp³-hybridized carbons (Fsp3) is 0.0800. The number of fused-ring (bicyclic) bond motifs is 2. The minimum Gasteiger partial charge on any atom is -0.325 e. The molecule has 4 rings (SSSR count). The lowest BCUT2D eigenvalue weighted by molar-refractivity contribution is -0.124. The van der Waals surface area contributed by atoms with Crippen molar-refractivity contribution in [1.29, 1.82) is 0 Å². The molecule has 0 saturated carbocycles. The third-order valence-electron chi connectivity index (χ3n) is 4.85. The van der Waals surface area contributed by atoms with Crippen molar-refractivity contribution in [3.05, 3.63) is 84.4 Å². The zero-order valence-electron chi connectivity index (χ0n) is 16.4. The van der Waals surface area contributed by atoms with E-state index in [-0.39, 0.29) is 18.1 Å². The van der Waals surface area contributed by atoms with Gasteiger partial charge < -0.3 is 10.6 Å². The van der Waals surface area contributed by atoms with Crippen LogP contribution in [0.2, 0.25) is 0 Å². The number of rotatable bonds is 5. The summed E-state index contributed by atoms with van der Waals surface area (Å²) in [5.74, 6) is -1.02. The van der Waals surface area contributed by atoms with Gasteiger partial charge in [-0.3, -0.25) is 14.4 Å². The Morgan fingerprint density at radius 2 is 1.33 bits per heavy atom. The Morgan fingerprint density at radius 1 is 0.700 bits per heavy atom. The lowest BCUT2D eigenvalue weighted by Crippen LogP contribution is -2.19. The van der Waals surface area contributed by atoms with Crippen LogP contribution in [-0.4, -0.2) is 17.6 Å². The van der Waals surface area contributed by atoms with Crippen molar-refractivity contribution < 1.29 is 14.4 Å². The smallest absolute Gasteiger partial charge is 0.257 e. The van der Waals surface area contributed by atoms with Gasteiger partial charge in [0.15, 0.2) is 0 Å². The van der Waals surface area contributed by atoms with Crippen LogP contribution in [0.25, 0.3) is 21.5 Å². The Labute approximate surface area is 173 Å². The summed E-state index contributed by atoms with van der Waals surface area (Å²) in [4.78, 5) is 36.2. The molecule has 4 aromatic rings. The quantitative estimate of drug-likeness (QED) is 0.361. The average Bonchev–Trinajstić information content (AvgIpc) is 2.72. The molecule has 0 saturated heterocycles. The summed E-state index contributed by atoms with van der Waals surface area (Å²) in [6.07, 6.45) is -0.230. The maximum absolute atomic E-state index is 13.0. The molecule has 0 aromatic heterocycles. The Hall–Kier alpha value is -3.99. The second-order valence-corrected chi connectivity index (χ2v) is 7.15. The molecule has 0 fully saturated rings. The predicted octanol–water partition coefficient (Wildman–Crippen LogP) is 5.16. The number of carbonyl (C=O) groups excluding carboxylic acids is 3. The van der Waals surface area contributed by atoms with Gasteiger partial charge in [0.25, 0.3) is 5.91 Å². The maximum Gasteiger partial charge on any atom is 0.257 e. The number of hydrogen-bond donors (Lipinski definition) is 2. The topological polar surface area (TPSA) is 75.3 Å². The Morgan fingerprint density at radius 3 is 2.10 bits per heavy atom. The first kappa shape index (κ1) is 19.3. The summed E-state index contributed by atoms with van der Waals surface area (Å²) in [5, 5.41) is 9.79. The van der Waals surface area contributed by atoms with Gasteiger partial charge in [0.05, 0.1) is 17.7 Å². The lowest BCUT2D eigenvalue weighted by atomic mass is 10.0. The Kier molecular flexibility index (Phi) is 5.26. The highest BCUT2D eigenvalue weighted by Crippen LogP contribution is 2.29. The van der Waals surface area contributed by atoms with Gasteiger partial charge >= 0.3 is 0 Å². The molecule has 0 bridgehead atoms. The van der Waals surface area contributed by atoms with Gasteiger partial charge in [-0.1, -0.05) is 48.5 Å². The van der Waals surface area contributed by atoms with E-state index in [0.717, 1.165) is 21.5 Å². The summed E-state index contributed by atoms with van der Waals surface area (Å²) in [6, 6.07) is 24.7. The van der Waals surface area contributed by atoms with Gasteiger partial charge in [-0.15, -0.1) is 0 Å². The van der Waals surface area contributed by atoms with Crippen LogP contribution in [0.3, 0.4) is 0 Å². The molecule has 0 heterocycles. The van der Waals surface area contributed by atoms with Crippen molar-refractivity contribution in [2.45, 2.75) is 13.3 Å². The van der Waals surface area contributed by atoms with E-state index in [1.807, 2.05) is 36.4 Å². The van der Waals surface area contributed by atoms with Crippen LogP contribution >= 0.6 is 0 Å². The Balaban J connectivity index is 1.66. The molecule has 2 amide bonds. The normalized spacial score (nSPS) is 10.7. The van der Waals surface area contributed by atoms with E-state index >= 15 is 0 Å². The number of carbonyl (C=O) groups is 3. The maximum atomic E-state index is 13.0. The molecular formula is C25H20N2O3. The fourth-order valence-electron chi connectivity index (χ4n) is 3.48. The SMILES string of the molecule is CC(=O)CC(=O)Nc1ccccc1C(=O)Nc1cccc2cc3ccccc3cc12. The molecule has 0 unspecified atom stereocenters. The lowest BCUT2D eigenvalue weighted by Gasteiger charge is -2.13. The van der Waals surface area contributed by atoms with E-state index in [9.17, 15) is 14.4 Å². The van der Waals surface area contributed by atoms with E-state index in [0.29, 0.717) is 16.9 Å². The van der Waals surface area contributed by atoms with E-state index in [1.165, 1.54) is 6.92 Å². The highest BCUT2D eigenvalue weighted by atomic mass is 16.2. The summed E-state index contributed by atoms with van der Waals surface area (Å²) < 4.78 is 0. The van der Waals surface area contributed by atoms with Crippen LogP contribution in [0.4, 0.5) is 11.4 Å². The van der Waals surface area contributed by atoms with Gasteiger partial charge in [0, 0.05) is 11.1 Å². The number of nitrogens with one attached hydrogen (secondary N) is 2. The molecule has 4 aromatic carbocycles. The van der Waals surface area contributed by atoms with Gasteiger partial charge in [-0.05, 0) is 53.4 Å². The molecule has 148 valence electrons. The third-order valence-corrected chi connectivity index (χ3v) is 4.85. The minimum absolute atomic E-state index is 0.230. The molecular weight excluding hydrogens is 376 g/mol. The fourth-order valence-corrected chi connectivity index (χ4v) is 3.48. The number of para-hydroxylation sites is 1. The monoisotopic (exact) mass is 396 g/mol. The largest absolute Gasteiger partial charge is 0.325 e. The minimum atomic E-state index is -0.445. The molecule has 5 nitrogen and oxygen atoms in total. The van der Waals surface area contributed by atoms with Gasteiger partial charge in [-0.25, -0.2) is 0 Å². The van der Waals surface area contributed by atoms with Crippen molar-refractivity contribution in [3.8, 4) is 0 Å². The molecule has 0 aliphatic rings. The summed E-state index contributed by atoms with van der Waals surface area (Å²) in [7, 11) is 0. The van der Waals surface area contributed by atoms with Gasteiger partial charge in [0.1, 0.15) is 5.78 Å². The molecule has 2 N–H and O–H groups in total. The summed E-state index contributed by atoms with van der Waals surface area (Å²) >= 11 is 0. The third kappa shape index (κ3) is 4.05. The summed E-state index contributed by atoms with van der Waals surface area (Å²) in [5.41, 5.74) is 1.38. The number of hydrogen-bond acceptors (Lipinski definition) is 3. The summed E-state index contributed by atoms with van der Waals surface area (Å²) in [6.45, 7) is 1.35. The van der Waals surface area contributed by atoms with Crippen LogP contribution in [0.1, 0.15) is 23.7 Å². The predicted molar refractivity (Wildman–Crippen MR) is 120 cm³/mol. The van der Waals surface area contributed by atoms with Crippen LogP contribution < -0.4 is 10.6 Å². The van der Waals surface area contributed by atoms with Crippen LogP contribution in [0.15, 0.2) is 78.9 Å². The second kappa shape index (κ2) is 8.17. The molecule has 30 heavy (non-hydrogen) atoms. The second-order valence-electron chi connectivity index (χ2n) is 7.15. The van der Waals surface area contributed by atoms with Crippen molar-refractivity contribution in [3.63, 3.8) is 0 Å². The Bertz CT molecular complexity index is 1290. The van der Waals surface area contributed by atoms with Crippen LogP contribution in [0.5, 0.6) is 0 Å². The van der Waals surface area contributed by atoms with E-state index in [1.54, 1.807) is 24.3 Å². The highest BCUT2D eigenvalue weighted by molar-refractivity contribution is 6.15. The standard InChI is InChI=1S/C25H20N2O3/c1-16(28)13-24(29)26-22-11-5-4-10-20(22)25(30)27-23-12-6-9-19-14-17-7-2-3-8-18(17)15-21(19)23/h2-12,14-15H,13H2,1H3,(H,26,29)(H,27,30). The first-order valence-electron chi connectivity index (χ1n) is 9.62. The molecule has 0 aliphatic heterocycles. The molecule has 0 atom stereocenters. The van der Waals surface area contributed by atoms with E-state index < -0.39 is 5.91 Å². The van der Waals surface area contributed by atoms with Gasteiger partial charge in [0.2, 0.25) is 5.91 Å². The van der Waals surface area contributed by atoms with Crippen LogP contribution in [-0.2, 0) is 9.59 Å². The zero-order chi connectivity index (χ0) is 21.1. The van der Waals surface area contributed by atoms with Crippen molar-refractivity contribution >= 4 is 50.5 Å². The van der Waals surface area contributed by atoms with E-state index in [2.05, 4.69) is 28.8 Å². The number of anilines is 2. The first-order chi connectivity index (χ1) is 14.5. The number of ketones is 1. The van der Waals surface area contributed by atoms with Crippen LogP contribution in [0, 0.1) is 0 Å². The molecule has 0 aliphatic carbocycles. The number of Topliss-reactive ketones (excluding diaryl/α,β-unsaturated/α-hetero) is 1. The van der Waals surface area contributed by atoms with E-state index in [4.69, 9.17) is 0 Å². The number of amides is 2. The average molecular weight is 396 g/mol. The molecule has 0 radical (unpaired) electrons. The highest BCUT2D eigenvalue weighted by Gasteiger charge is 2.15. The van der Waals surface area contributed by atoms with Crippen molar-refractivity contribution in [2.75, 3.05) is 10.6 Å². The number of benzene rings is 4. The van der Waals surface area contributed by atoms with Crippen molar-refractivity contribution in [1.82, 2.24) is 0 Å². The molecule has 5 heteroatoms. The van der Waals surface area contributed by atoms with Gasteiger partial charge in [-0.2, -0.15) is 0 Å². The van der Waals surface area contributed by atoms with Crippen molar-refractivity contribution in [2.24, 2.45) is 0 Å². The molecule has 0 spiro atoms. The first-order valence-corrected chi connectivity index (χ1v) is 9.62.